The van der Waals surface area contributed by atoms with Gasteiger partial charge in [-0.1, -0.05) is 0 Å². The summed E-state index contributed by atoms with van der Waals surface area (Å²) < 4.78 is 6.97. The Morgan fingerprint density at radius 2 is 0.796 bits per heavy atom. The van der Waals surface area contributed by atoms with Gasteiger partial charge < -0.3 is 0 Å². The molecule has 0 spiro atoms. The molecule has 4 aromatic rings. The Bertz CT molecular complexity index is 2040. The Labute approximate surface area is 335 Å². The van der Waals surface area contributed by atoms with Gasteiger partial charge in [-0.05, 0) is 0 Å². The summed E-state index contributed by atoms with van der Waals surface area (Å²) in [6.45, 7) is 35.2. The molecule has 0 heterocycles. The van der Waals surface area contributed by atoms with E-state index >= 15 is 0 Å². The van der Waals surface area contributed by atoms with Crippen LogP contribution in [-0.4, -0.2) is 37.8 Å². The summed E-state index contributed by atoms with van der Waals surface area (Å²) in [7, 11) is -6.02. The molecule has 0 bridgehead atoms. The topological polar surface area (TPSA) is 0 Å². The Morgan fingerprint density at radius 3 is 1.07 bits per heavy atom. The molecule has 54 heavy (non-hydrogen) atoms. The normalized spacial score (nSPS) is 17.6. The number of hydrogen-bond acceptors (Lipinski definition) is 0. The zero-order chi connectivity index (χ0) is 39.8. The van der Waals surface area contributed by atoms with Gasteiger partial charge in [-0.3, -0.25) is 0 Å². The molecule has 2 aliphatic rings. The molecule has 0 fully saturated rings. The van der Waals surface area contributed by atoms with E-state index in [-0.39, 0.29) is 0 Å². The van der Waals surface area contributed by atoms with Gasteiger partial charge in [0.15, 0.2) is 0 Å². The minimum atomic E-state index is -3.93. The van der Waals surface area contributed by atoms with Gasteiger partial charge in [0.05, 0.1) is 0 Å². The molecule has 2 atom stereocenters. The van der Waals surface area contributed by atoms with Crippen molar-refractivity contribution in [3.8, 4) is 22.3 Å². The Balaban J connectivity index is 1.55. The average molecular weight is 966 g/mol. The molecule has 4 aromatic carbocycles. The second-order valence-corrected chi connectivity index (χ2v) is 88.5. The number of rotatable bonds is 10. The Morgan fingerprint density at radius 1 is 0.481 bits per heavy atom. The third-order valence-electron chi connectivity index (χ3n) is 13.7. The van der Waals surface area contributed by atoms with Gasteiger partial charge in [0.2, 0.25) is 0 Å². The van der Waals surface area contributed by atoms with Crippen molar-refractivity contribution < 1.29 is 17.1 Å². The van der Waals surface area contributed by atoms with E-state index in [0.717, 1.165) is 0 Å². The first kappa shape index (κ1) is 41.9. The minimum absolute atomic E-state index is 0.556. The van der Waals surface area contributed by atoms with Gasteiger partial charge >= 0.3 is 338 Å². The standard InChI is InChI=1S/2C21H27Si2.C4H10Si.2CH3.Hf/c2*1-22(2,3)18-13-17(14-19(15-18)23(4,5)6)21-12-8-10-16-9-7-11-20(16)21;1-3-5-4-2;;;/h2*7-15H,1-6H3;3-4H2,1-2H3;2*1H3;. The van der Waals surface area contributed by atoms with Crippen LogP contribution in [-0.2, 0) is 17.1 Å². The van der Waals surface area contributed by atoms with Crippen molar-refractivity contribution in [2.45, 2.75) is 121 Å². The Kier molecular flexibility index (Phi) is 11.1. The first-order chi connectivity index (χ1) is 24.9. The van der Waals surface area contributed by atoms with Crippen LogP contribution in [0, 0.1) is 0 Å². The Hall–Kier alpha value is -1.69. The monoisotopic (exact) mass is 966 g/mol. The first-order valence-electron chi connectivity index (χ1n) is 20.9. The molecule has 286 valence electrons. The maximum atomic E-state index is 2.93. The molecular weight excluding hydrogens is 895 g/mol. The molecule has 6 heteroatoms. The second kappa shape index (κ2) is 14.3. The SMILES string of the molecule is CC[Si](CC)=[Hf]([CH3])([CH3])([CH]1C=Cc2c(-c3cc([Si](C)(C)C)cc([Si](C)(C)C)c3)cccc21)[CH]1C=Cc2c(-c3cc([Si](C)(C)C)cc([Si](C)(C)C)c3)cccc21. The molecule has 0 aromatic heterocycles. The van der Waals surface area contributed by atoms with Gasteiger partial charge in [-0.25, -0.2) is 0 Å². The number of allylic oxidation sites excluding steroid dienone is 2. The van der Waals surface area contributed by atoms with Crippen LogP contribution in [0.5, 0.6) is 0 Å². The average Bonchev–Trinajstić information content (AvgIpc) is 3.73. The van der Waals surface area contributed by atoms with Crippen LogP contribution < -0.4 is 20.7 Å². The van der Waals surface area contributed by atoms with E-state index in [2.05, 4.69) is 199 Å². The predicted molar refractivity (Wildman–Crippen MR) is 258 cm³/mol. The first-order valence-corrected chi connectivity index (χ1v) is 53.5. The van der Waals surface area contributed by atoms with Crippen LogP contribution in [0.1, 0.15) is 43.5 Å². The van der Waals surface area contributed by atoms with E-state index in [1.165, 1.54) is 45.5 Å². The van der Waals surface area contributed by atoms with Crippen molar-refractivity contribution in [3.63, 3.8) is 0 Å². The van der Waals surface area contributed by atoms with Crippen molar-refractivity contribution >= 4 is 70.7 Å². The quantitative estimate of drug-likeness (QED) is 0.139. The van der Waals surface area contributed by atoms with Gasteiger partial charge in [-0.2, -0.15) is 0 Å². The fourth-order valence-electron chi connectivity index (χ4n) is 10.0. The van der Waals surface area contributed by atoms with Crippen LogP contribution in [0.3, 0.4) is 0 Å². The summed E-state index contributed by atoms with van der Waals surface area (Å²) >= 11 is -3.93. The van der Waals surface area contributed by atoms with Gasteiger partial charge in [0.25, 0.3) is 0 Å². The van der Waals surface area contributed by atoms with E-state index in [1.54, 1.807) is 31.9 Å². The molecule has 0 radical (unpaired) electrons. The van der Waals surface area contributed by atoms with Gasteiger partial charge in [0.1, 0.15) is 0 Å². The fraction of sp³-hybridized carbons (Fsp3) is 0.417. The van der Waals surface area contributed by atoms with E-state index in [0.29, 0.717) is 7.35 Å². The molecule has 2 unspecified atom stereocenters. The summed E-state index contributed by atoms with van der Waals surface area (Å²) in [5, 5.41) is 6.40. The molecule has 2 aliphatic carbocycles. The summed E-state index contributed by atoms with van der Waals surface area (Å²) in [4.78, 5) is 0. The van der Waals surface area contributed by atoms with E-state index in [4.69, 9.17) is 0 Å². The van der Waals surface area contributed by atoms with Crippen molar-refractivity contribution in [1.82, 2.24) is 0 Å². The molecule has 0 aliphatic heterocycles. The summed E-state index contributed by atoms with van der Waals surface area (Å²) in [6.07, 6.45) is 10.6. The van der Waals surface area contributed by atoms with E-state index in [9.17, 15) is 0 Å². The van der Waals surface area contributed by atoms with Crippen molar-refractivity contribution in [1.29, 1.82) is 0 Å². The summed E-state index contributed by atoms with van der Waals surface area (Å²) in [5.41, 5.74) is 11.5. The van der Waals surface area contributed by atoms with Gasteiger partial charge in [0, 0.05) is 0 Å². The zero-order valence-electron chi connectivity index (χ0n) is 36.8. The van der Waals surface area contributed by atoms with Gasteiger partial charge in [-0.15, -0.1) is 0 Å². The van der Waals surface area contributed by atoms with Crippen LogP contribution in [0.2, 0.25) is 100 Å². The summed E-state index contributed by atoms with van der Waals surface area (Å²) in [6, 6.07) is 32.9. The van der Waals surface area contributed by atoms with Crippen molar-refractivity contribution in [3.05, 3.63) is 107 Å². The number of hydrogen-bond donors (Lipinski definition) is 0. The molecule has 0 saturated carbocycles. The van der Waals surface area contributed by atoms with E-state index in [1.807, 2.05) is 0 Å². The predicted octanol–water partition coefficient (Wildman–Crippen LogP) is 12.9. The molecule has 6 rings (SSSR count). The maximum absolute atomic E-state index is 3.93. The third kappa shape index (κ3) is 7.43. The van der Waals surface area contributed by atoms with Crippen molar-refractivity contribution in [2.24, 2.45) is 0 Å². The van der Waals surface area contributed by atoms with Crippen LogP contribution in [0.25, 0.3) is 34.4 Å². The van der Waals surface area contributed by atoms with Crippen LogP contribution in [0.15, 0.2) is 84.9 Å². The fourth-order valence-corrected chi connectivity index (χ4v) is 71.3. The number of benzene rings is 4. The number of fused-ring (bicyclic) bond motifs is 2. The van der Waals surface area contributed by atoms with Crippen LogP contribution >= 0.6 is 0 Å². The van der Waals surface area contributed by atoms with E-state index < -0.39 is 54.9 Å². The molecule has 0 amide bonds. The summed E-state index contributed by atoms with van der Waals surface area (Å²) in [5.74, 6) is 0. The molecule has 0 N–H and O–H groups in total. The molecule has 0 nitrogen and oxygen atoms in total. The molecule has 0 saturated heterocycles. The third-order valence-corrected chi connectivity index (χ3v) is 79.8. The zero-order valence-corrected chi connectivity index (χ0v) is 45.4. The van der Waals surface area contributed by atoms with Crippen molar-refractivity contribution in [2.75, 3.05) is 0 Å². The second-order valence-electron chi connectivity index (χ2n) is 21.8. The molecular formula is C48H70HfSi5. The van der Waals surface area contributed by atoms with Crippen LogP contribution in [0.4, 0.5) is 0 Å².